The Hall–Kier alpha value is -2.22. The Morgan fingerprint density at radius 2 is 2.25 bits per heavy atom. The van der Waals surface area contributed by atoms with Gasteiger partial charge in [-0.3, -0.25) is 9.59 Å². The van der Waals surface area contributed by atoms with Crippen molar-refractivity contribution in [1.82, 2.24) is 5.32 Å². The van der Waals surface area contributed by atoms with Crippen LogP contribution in [-0.2, 0) is 9.59 Å². The fourth-order valence-electron chi connectivity index (χ4n) is 1.47. The first-order valence-electron chi connectivity index (χ1n) is 5.61. The van der Waals surface area contributed by atoms with E-state index >= 15 is 0 Å². The highest BCUT2D eigenvalue weighted by atomic mass is 32.2. The maximum absolute atomic E-state index is 13.3. The zero-order valence-electron chi connectivity index (χ0n) is 10.1. The zero-order chi connectivity index (χ0) is 14.5. The van der Waals surface area contributed by atoms with Crippen molar-refractivity contribution in [3.8, 4) is 0 Å². The molecule has 1 fully saturated rings. The molecular weight excluding hydrogens is 285 g/mol. The maximum Gasteiger partial charge on any atom is 0.305 e. The molecule has 104 valence electrons. The van der Waals surface area contributed by atoms with E-state index in [9.17, 15) is 14.0 Å². The summed E-state index contributed by atoms with van der Waals surface area (Å²) in [6.07, 6.45) is 0.937. The minimum atomic E-state index is -1.06. The van der Waals surface area contributed by atoms with E-state index < -0.39 is 22.9 Å². The van der Waals surface area contributed by atoms with Crippen LogP contribution in [0.2, 0.25) is 0 Å². The third-order valence-corrected chi connectivity index (χ3v) is 3.46. The fraction of sp³-hybridized carbons (Fsp3) is 0.167. The van der Waals surface area contributed by atoms with Crippen LogP contribution in [0.15, 0.2) is 34.5 Å². The third-order valence-electron chi connectivity index (χ3n) is 2.39. The number of carboxylic acids is 1. The topological polar surface area (TPSA) is 91.1 Å². The summed E-state index contributed by atoms with van der Waals surface area (Å²) in [6, 6.07) is 6.05. The molecule has 2 N–H and O–H groups in total. The first-order chi connectivity index (χ1) is 9.56. The number of amides is 1. The van der Waals surface area contributed by atoms with Crippen LogP contribution in [0.3, 0.4) is 0 Å². The van der Waals surface area contributed by atoms with Gasteiger partial charge in [0.15, 0.2) is 5.17 Å². The molecule has 1 heterocycles. The molecule has 1 atom stereocenters. The van der Waals surface area contributed by atoms with E-state index in [1.165, 1.54) is 18.3 Å². The Balaban J connectivity index is 2.01. The summed E-state index contributed by atoms with van der Waals surface area (Å²) in [5.41, 5.74) is 0.272. The van der Waals surface area contributed by atoms with Crippen molar-refractivity contribution >= 4 is 35.0 Å². The molecule has 0 bridgehead atoms. The number of aliphatic carboxylic acids is 1. The van der Waals surface area contributed by atoms with Crippen LogP contribution in [-0.4, -0.2) is 33.6 Å². The van der Waals surface area contributed by atoms with Crippen LogP contribution in [0.4, 0.5) is 4.39 Å². The van der Waals surface area contributed by atoms with Crippen LogP contribution < -0.4 is 5.32 Å². The lowest BCUT2D eigenvalue weighted by Gasteiger charge is -1.97. The smallest absolute Gasteiger partial charge is 0.305 e. The van der Waals surface area contributed by atoms with Crippen LogP contribution in [0.5, 0.6) is 0 Å². The van der Waals surface area contributed by atoms with E-state index in [1.54, 1.807) is 12.1 Å². The van der Waals surface area contributed by atoms with E-state index in [0.29, 0.717) is 0 Å². The second kappa shape index (κ2) is 6.29. The molecule has 1 amide bonds. The standard InChI is InChI=1S/C12H10FN3O3S/c13-8-4-2-1-3-7(8)6-14-16-12-15-11(19)9(20-12)5-10(17)18/h1-4,6,9H,5H2,(H,17,18)(H,15,16,19)/b14-6-/t9-/m1/s1. The van der Waals surface area contributed by atoms with Crippen molar-refractivity contribution in [2.75, 3.05) is 0 Å². The molecule has 8 heteroatoms. The number of rotatable bonds is 4. The number of amidine groups is 1. The molecule has 20 heavy (non-hydrogen) atoms. The van der Waals surface area contributed by atoms with Crippen LogP contribution in [0, 0.1) is 5.82 Å². The molecule has 0 radical (unpaired) electrons. The molecule has 2 rings (SSSR count). The van der Waals surface area contributed by atoms with Crippen molar-refractivity contribution < 1.29 is 19.1 Å². The van der Waals surface area contributed by atoms with Gasteiger partial charge in [0.05, 0.1) is 12.6 Å². The summed E-state index contributed by atoms with van der Waals surface area (Å²) in [7, 11) is 0. The lowest BCUT2D eigenvalue weighted by Crippen LogP contribution is -2.26. The molecule has 1 aliphatic rings. The van der Waals surface area contributed by atoms with Gasteiger partial charge < -0.3 is 10.4 Å². The van der Waals surface area contributed by atoms with Crippen LogP contribution in [0.25, 0.3) is 0 Å². The quantitative estimate of drug-likeness (QED) is 0.645. The second-order valence-electron chi connectivity index (χ2n) is 3.86. The van der Waals surface area contributed by atoms with E-state index in [2.05, 4.69) is 15.5 Å². The van der Waals surface area contributed by atoms with E-state index in [1.807, 2.05) is 0 Å². The number of carbonyl (C=O) groups excluding carboxylic acids is 1. The number of nitrogens with zero attached hydrogens (tertiary/aromatic N) is 2. The second-order valence-corrected chi connectivity index (χ2v) is 5.06. The van der Waals surface area contributed by atoms with Crippen LogP contribution in [0.1, 0.15) is 12.0 Å². The number of carboxylic acid groups (broad SMARTS) is 1. The average Bonchev–Trinajstić information content (AvgIpc) is 2.72. The largest absolute Gasteiger partial charge is 0.481 e. The van der Waals surface area contributed by atoms with Crippen LogP contribution >= 0.6 is 11.8 Å². The molecule has 0 spiro atoms. The van der Waals surface area contributed by atoms with Gasteiger partial charge in [0.1, 0.15) is 11.1 Å². The highest BCUT2D eigenvalue weighted by molar-refractivity contribution is 8.15. The number of halogens is 1. The number of thioether (sulfide) groups is 1. The molecular formula is C12H10FN3O3S. The molecule has 6 nitrogen and oxygen atoms in total. The Morgan fingerprint density at radius 3 is 2.95 bits per heavy atom. The summed E-state index contributed by atoms with van der Waals surface area (Å²) in [5, 5.41) is 17.9. The molecule has 0 aromatic heterocycles. The molecule has 0 saturated carbocycles. The molecule has 0 unspecified atom stereocenters. The predicted octanol–water partition coefficient (Wildman–Crippen LogP) is 1.22. The van der Waals surface area contributed by atoms with Gasteiger partial charge in [0, 0.05) is 5.56 Å². The van der Waals surface area contributed by atoms with Gasteiger partial charge in [-0.1, -0.05) is 30.0 Å². The minimum absolute atomic E-state index is 0.203. The van der Waals surface area contributed by atoms with Gasteiger partial charge in [-0.2, -0.15) is 5.10 Å². The number of hydrogen-bond acceptors (Lipinski definition) is 5. The van der Waals surface area contributed by atoms with Gasteiger partial charge >= 0.3 is 5.97 Å². The Labute approximate surface area is 117 Å². The molecule has 1 aromatic carbocycles. The van der Waals surface area contributed by atoms with Gasteiger partial charge in [-0.25, -0.2) is 4.39 Å². The van der Waals surface area contributed by atoms with Gasteiger partial charge in [-0.05, 0) is 6.07 Å². The van der Waals surface area contributed by atoms with Crippen molar-refractivity contribution in [3.05, 3.63) is 35.6 Å². The third kappa shape index (κ3) is 3.64. The molecule has 1 aliphatic heterocycles. The Kier molecular flexibility index (Phi) is 4.46. The lowest BCUT2D eigenvalue weighted by molar-refractivity contribution is -0.138. The summed E-state index contributed by atoms with van der Waals surface area (Å²) < 4.78 is 13.3. The lowest BCUT2D eigenvalue weighted by atomic mass is 10.2. The zero-order valence-corrected chi connectivity index (χ0v) is 10.9. The monoisotopic (exact) mass is 295 g/mol. The van der Waals surface area contributed by atoms with Crippen molar-refractivity contribution in [2.45, 2.75) is 11.7 Å². The first-order valence-corrected chi connectivity index (χ1v) is 6.49. The summed E-state index contributed by atoms with van der Waals surface area (Å²) in [4.78, 5) is 22.0. The molecule has 1 saturated heterocycles. The Bertz CT molecular complexity index is 603. The summed E-state index contributed by atoms with van der Waals surface area (Å²) >= 11 is 0.987. The highest BCUT2D eigenvalue weighted by Crippen LogP contribution is 2.22. The molecule has 1 aromatic rings. The van der Waals surface area contributed by atoms with E-state index in [4.69, 9.17) is 5.11 Å². The van der Waals surface area contributed by atoms with Gasteiger partial charge in [0.25, 0.3) is 0 Å². The number of nitrogens with one attached hydrogen (secondary N) is 1. The van der Waals surface area contributed by atoms with Crippen molar-refractivity contribution in [2.24, 2.45) is 10.2 Å². The first kappa shape index (κ1) is 14.2. The van der Waals surface area contributed by atoms with Gasteiger partial charge in [0.2, 0.25) is 5.91 Å². The normalized spacial score (nSPS) is 20.6. The van der Waals surface area contributed by atoms with Crippen molar-refractivity contribution in [1.29, 1.82) is 0 Å². The molecule has 0 aliphatic carbocycles. The minimum Gasteiger partial charge on any atom is -0.481 e. The average molecular weight is 295 g/mol. The Morgan fingerprint density at radius 1 is 1.50 bits per heavy atom. The number of benzene rings is 1. The predicted molar refractivity (Wildman–Crippen MR) is 73.2 cm³/mol. The summed E-state index contributed by atoms with van der Waals surface area (Å²) in [6.45, 7) is 0. The summed E-state index contributed by atoms with van der Waals surface area (Å²) in [5.74, 6) is -1.91. The number of carbonyl (C=O) groups is 2. The highest BCUT2D eigenvalue weighted by Gasteiger charge is 2.32. The van der Waals surface area contributed by atoms with Gasteiger partial charge in [-0.15, -0.1) is 5.10 Å². The van der Waals surface area contributed by atoms with E-state index in [0.717, 1.165) is 11.8 Å². The maximum atomic E-state index is 13.3. The van der Waals surface area contributed by atoms with E-state index in [-0.39, 0.29) is 17.2 Å². The SMILES string of the molecule is O=C(O)C[C@H]1S/C(=N/N=C\c2ccccc2F)NC1=O. The fourth-order valence-corrected chi connectivity index (χ4v) is 2.38. The number of hydrogen-bond donors (Lipinski definition) is 2. The van der Waals surface area contributed by atoms with Crippen molar-refractivity contribution in [3.63, 3.8) is 0 Å².